The van der Waals surface area contributed by atoms with Crippen molar-refractivity contribution in [1.29, 1.82) is 0 Å². The second-order valence-electron chi connectivity index (χ2n) is 8.30. The Labute approximate surface area is 193 Å². The number of methoxy groups -OCH3 is 1. The van der Waals surface area contributed by atoms with Crippen molar-refractivity contribution in [2.75, 3.05) is 26.7 Å². The van der Waals surface area contributed by atoms with E-state index in [2.05, 4.69) is 20.6 Å². The Kier molecular flexibility index (Phi) is 7.57. The monoisotopic (exact) mass is 451 g/mol. The molecule has 1 saturated heterocycles. The highest BCUT2D eigenvalue weighted by atomic mass is 19.1. The smallest absolute Gasteiger partial charge is 0.315 e. The summed E-state index contributed by atoms with van der Waals surface area (Å²) < 4.78 is 20.7. The van der Waals surface area contributed by atoms with Crippen LogP contribution in [0.4, 0.5) is 9.18 Å². The van der Waals surface area contributed by atoms with Gasteiger partial charge in [-0.1, -0.05) is 24.3 Å². The number of hydrogen-bond acceptors (Lipinski definition) is 4. The third-order valence-corrected chi connectivity index (χ3v) is 5.90. The highest BCUT2D eigenvalue weighted by Gasteiger charge is 2.21. The van der Waals surface area contributed by atoms with Crippen LogP contribution in [-0.4, -0.2) is 53.5 Å². The minimum atomic E-state index is -0.337. The van der Waals surface area contributed by atoms with Crippen LogP contribution in [0.1, 0.15) is 24.0 Å². The van der Waals surface area contributed by atoms with Crippen LogP contribution in [0.3, 0.4) is 0 Å². The minimum absolute atomic E-state index is 0.138. The second-order valence-corrected chi connectivity index (χ2v) is 8.30. The summed E-state index contributed by atoms with van der Waals surface area (Å²) in [4.78, 5) is 14.6. The molecule has 1 aromatic heterocycles. The maximum absolute atomic E-state index is 13.9. The molecule has 1 aliphatic rings. The molecule has 1 aliphatic heterocycles. The van der Waals surface area contributed by atoms with Gasteiger partial charge in [0.2, 0.25) is 0 Å². The lowest BCUT2D eigenvalue weighted by Gasteiger charge is -2.32. The van der Waals surface area contributed by atoms with Crippen LogP contribution in [0.5, 0.6) is 5.75 Å². The van der Waals surface area contributed by atoms with Gasteiger partial charge >= 0.3 is 6.03 Å². The fourth-order valence-corrected chi connectivity index (χ4v) is 4.07. The molecule has 33 heavy (non-hydrogen) atoms. The Morgan fingerprint density at radius 2 is 1.94 bits per heavy atom. The lowest BCUT2D eigenvalue weighted by atomic mass is 10.0. The van der Waals surface area contributed by atoms with Gasteiger partial charge in [-0.3, -0.25) is 4.90 Å². The first-order chi connectivity index (χ1) is 16.1. The van der Waals surface area contributed by atoms with E-state index < -0.39 is 0 Å². The molecule has 7 nitrogen and oxygen atoms in total. The first kappa shape index (κ1) is 22.8. The van der Waals surface area contributed by atoms with E-state index in [1.807, 2.05) is 53.5 Å². The van der Waals surface area contributed by atoms with E-state index in [0.717, 1.165) is 49.2 Å². The lowest BCUT2D eigenvalue weighted by molar-refractivity contribution is 0.186. The van der Waals surface area contributed by atoms with Gasteiger partial charge in [0.05, 0.1) is 19.0 Å². The summed E-state index contributed by atoms with van der Waals surface area (Å²) in [7, 11) is 1.46. The molecule has 0 spiro atoms. The number of aromatic nitrogens is 2. The van der Waals surface area contributed by atoms with E-state index in [4.69, 9.17) is 4.74 Å². The molecular formula is C25H30FN5O2. The molecular weight excluding hydrogens is 421 g/mol. The predicted molar refractivity (Wildman–Crippen MR) is 125 cm³/mol. The standard InChI is InChI=1S/C25H30FN5O2/c1-33-24-8-7-19(15-23(24)26)17-30-13-10-21(11-14-30)29-25(32)27-12-9-20-16-28-31(18-20)22-5-3-2-4-6-22/h2-8,15-16,18,21H,9-14,17H2,1H3,(H2,27,29,32). The van der Waals surface area contributed by atoms with Crippen LogP contribution in [0, 0.1) is 5.82 Å². The van der Waals surface area contributed by atoms with E-state index in [1.165, 1.54) is 13.2 Å². The number of hydrogen-bond donors (Lipinski definition) is 2. The van der Waals surface area contributed by atoms with Crippen molar-refractivity contribution in [2.24, 2.45) is 0 Å². The number of ether oxygens (including phenoxy) is 1. The summed E-state index contributed by atoms with van der Waals surface area (Å²) in [6, 6.07) is 15.0. The summed E-state index contributed by atoms with van der Waals surface area (Å²) in [5, 5.41) is 10.4. The SMILES string of the molecule is COc1ccc(CN2CCC(NC(=O)NCCc3cnn(-c4ccccc4)c3)CC2)cc1F. The molecule has 1 fully saturated rings. The minimum Gasteiger partial charge on any atom is -0.494 e. The maximum atomic E-state index is 13.9. The fourth-order valence-electron chi connectivity index (χ4n) is 4.07. The molecule has 0 atom stereocenters. The molecule has 2 aromatic carbocycles. The molecule has 174 valence electrons. The van der Waals surface area contributed by atoms with Gasteiger partial charge in [-0.15, -0.1) is 0 Å². The van der Waals surface area contributed by atoms with Gasteiger partial charge in [0.15, 0.2) is 11.6 Å². The zero-order valence-electron chi connectivity index (χ0n) is 18.8. The molecule has 8 heteroatoms. The molecule has 2 amide bonds. The van der Waals surface area contributed by atoms with E-state index in [0.29, 0.717) is 13.1 Å². The third kappa shape index (κ3) is 6.32. The lowest BCUT2D eigenvalue weighted by Crippen LogP contribution is -2.48. The molecule has 0 bridgehead atoms. The average molecular weight is 452 g/mol. The Morgan fingerprint density at radius 1 is 1.15 bits per heavy atom. The quantitative estimate of drug-likeness (QED) is 0.550. The van der Waals surface area contributed by atoms with E-state index in [1.54, 1.807) is 6.07 Å². The van der Waals surface area contributed by atoms with Crippen LogP contribution < -0.4 is 15.4 Å². The second kappa shape index (κ2) is 11.0. The van der Waals surface area contributed by atoms with E-state index in [9.17, 15) is 9.18 Å². The summed E-state index contributed by atoms with van der Waals surface area (Å²) in [6.45, 7) is 2.96. The van der Waals surface area contributed by atoms with Crippen LogP contribution in [-0.2, 0) is 13.0 Å². The Balaban J connectivity index is 1.15. The van der Waals surface area contributed by atoms with Gasteiger partial charge in [0.1, 0.15) is 0 Å². The number of nitrogens with zero attached hydrogens (tertiary/aromatic N) is 3. The third-order valence-electron chi connectivity index (χ3n) is 5.90. The Hall–Kier alpha value is -3.39. The summed E-state index contributed by atoms with van der Waals surface area (Å²) in [5.74, 6) is -0.0756. The number of halogens is 1. The Bertz CT molecular complexity index is 1050. The van der Waals surface area contributed by atoms with Gasteiger partial charge in [0.25, 0.3) is 0 Å². The van der Waals surface area contributed by atoms with Crippen molar-refractivity contribution >= 4 is 6.03 Å². The van der Waals surface area contributed by atoms with Crippen LogP contribution >= 0.6 is 0 Å². The fraction of sp³-hybridized carbons (Fsp3) is 0.360. The number of nitrogens with one attached hydrogen (secondary N) is 2. The van der Waals surface area contributed by atoms with Gasteiger partial charge in [-0.05, 0) is 54.7 Å². The average Bonchev–Trinajstić information content (AvgIpc) is 3.30. The van der Waals surface area contributed by atoms with E-state index in [-0.39, 0.29) is 23.6 Å². The topological polar surface area (TPSA) is 71.4 Å². The van der Waals surface area contributed by atoms with Crippen molar-refractivity contribution in [3.8, 4) is 11.4 Å². The number of carbonyl (C=O) groups excluding carboxylic acids is 1. The predicted octanol–water partition coefficient (Wildman–Crippen LogP) is 3.53. The molecule has 0 unspecified atom stereocenters. The molecule has 4 rings (SSSR count). The molecule has 3 aromatic rings. The normalized spacial score (nSPS) is 14.7. The van der Waals surface area contributed by atoms with Crippen molar-refractivity contribution in [1.82, 2.24) is 25.3 Å². The number of benzene rings is 2. The van der Waals surface area contributed by atoms with Crippen molar-refractivity contribution in [2.45, 2.75) is 31.8 Å². The summed E-state index contributed by atoms with van der Waals surface area (Å²) in [5.41, 5.74) is 3.01. The molecule has 0 saturated carbocycles. The Morgan fingerprint density at radius 3 is 2.67 bits per heavy atom. The number of piperidine rings is 1. The molecule has 2 N–H and O–H groups in total. The number of para-hydroxylation sites is 1. The van der Waals surface area contributed by atoms with Crippen LogP contribution in [0.2, 0.25) is 0 Å². The van der Waals surface area contributed by atoms with Crippen LogP contribution in [0.25, 0.3) is 5.69 Å². The molecule has 0 radical (unpaired) electrons. The molecule has 2 heterocycles. The zero-order valence-corrected chi connectivity index (χ0v) is 18.8. The highest BCUT2D eigenvalue weighted by molar-refractivity contribution is 5.74. The first-order valence-corrected chi connectivity index (χ1v) is 11.3. The number of carbonyl (C=O) groups is 1. The number of urea groups is 1. The van der Waals surface area contributed by atoms with Crippen molar-refractivity contribution in [3.05, 3.63) is 77.9 Å². The van der Waals surface area contributed by atoms with E-state index >= 15 is 0 Å². The molecule has 0 aliphatic carbocycles. The highest BCUT2D eigenvalue weighted by Crippen LogP contribution is 2.20. The van der Waals surface area contributed by atoms with Crippen molar-refractivity contribution in [3.63, 3.8) is 0 Å². The largest absolute Gasteiger partial charge is 0.494 e. The van der Waals surface area contributed by atoms with Gasteiger partial charge < -0.3 is 15.4 Å². The summed E-state index contributed by atoms with van der Waals surface area (Å²) >= 11 is 0. The summed E-state index contributed by atoms with van der Waals surface area (Å²) in [6.07, 6.45) is 6.28. The van der Waals surface area contributed by atoms with Gasteiger partial charge in [0, 0.05) is 38.4 Å². The number of likely N-dealkylation sites (tertiary alicyclic amines) is 1. The van der Waals surface area contributed by atoms with Gasteiger partial charge in [-0.2, -0.15) is 5.10 Å². The maximum Gasteiger partial charge on any atom is 0.315 e. The zero-order chi connectivity index (χ0) is 23.0. The number of amides is 2. The van der Waals surface area contributed by atoms with Crippen LogP contribution in [0.15, 0.2) is 60.9 Å². The van der Waals surface area contributed by atoms with Gasteiger partial charge in [-0.25, -0.2) is 13.9 Å². The number of rotatable bonds is 8. The van der Waals surface area contributed by atoms with Crippen molar-refractivity contribution < 1.29 is 13.9 Å². The first-order valence-electron chi connectivity index (χ1n) is 11.3.